The Morgan fingerprint density at radius 2 is 2.00 bits per heavy atom. The lowest BCUT2D eigenvalue weighted by Gasteiger charge is -2.29. The fourth-order valence-electron chi connectivity index (χ4n) is 2.41. The topological polar surface area (TPSA) is 12.0 Å². The largest absolute Gasteiger partial charge is 0.319 e. The van der Waals surface area contributed by atoms with Gasteiger partial charge in [-0.2, -0.15) is 0 Å². The smallest absolute Gasteiger partial charge is 0.0624 e. The zero-order valence-electron chi connectivity index (χ0n) is 10.8. The van der Waals surface area contributed by atoms with Crippen molar-refractivity contribution in [2.45, 2.75) is 33.1 Å². The second-order valence-corrected chi connectivity index (χ2v) is 5.77. The quantitative estimate of drug-likeness (QED) is 0.801. The molecule has 0 spiro atoms. The van der Waals surface area contributed by atoms with Crippen LogP contribution in [0.4, 0.5) is 0 Å². The molecule has 0 aliphatic rings. The molecule has 0 aromatic heterocycles. The van der Waals surface area contributed by atoms with Crippen LogP contribution in [-0.4, -0.2) is 13.6 Å². The monoisotopic (exact) mass is 273 g/mol. The summed E-state index contributed by atoms with van der Waals surface area (Å²) in [5.74, 6) is 0. The number of nitrogens with one attached hydrogen (secondary N) is 1. The second-order valence-electron chi connectivity index (χ2n) is 4.98. The van der Waals surface area contributed by atoms with Crippen LogP contribution < -0.4 is 5.32 Å². The molecule has 1 atom stereocenters. The third kappa shape index (κ3) is 4.17. The molecule has 0 aliphatic carbocycles. The standard InChI is InChI=1S/C14H21Cl2N/c1-4-8-14(2,10-17-3)9-11-6-5-7-12(15)13(11)16/h5-7,17H,4,8-10H2,1-3H3. The van der Waals surface area contributed by atoms with Crippen LogP contribution in [0.1, 0.15) is 32.3 Å². The number of benzene rings is 1. The normalized spacial score (nSPS) is 14.6. The third-order valence-electron chi connectivity index (χ3n) is 3.11. The number of rotatable bonds is 6. The third-order valence-corrected chi connectivity index (χ3v) is 3.96. The summed E-state index contributed by atoms with van der Waals surface area (Å²) in [6, 6.07) is 5.87. The van der Waals surface area contributed by atoms with Gasteiger partial charge in [0.05, 0.1) is 10.0 Å². The Bertz CT molecular complexity index is 357. The first-order valence-corrected chi connectivity index (χ1v) is 6.85. The van der Waals surface area contributed by atoms with E-state index in [0.717, 1.165) is 18.5 Å². The predicted octanol–water partition coefficient (Wildman–Crippen LogP) is 4.56. The van der Waals surface area contributed by atoms with E-state index in [-0.39, 0.29) is 5.41 Å². The highest BCUT2D eigenvalue weighted by molar-refractivity contribution is 6.42. The van der Waals surface area contributed by atoms with Crippen molar-refractivity contribution in [1.29, 1.82) is 0 Å². The van der Waals surface area contributed by atoms with Crippen molar-refractivity contribution in [2.24, 2.45) is 5.41 Å². The molecule has 1 nitrogen and oxygen atoms in total. The molecule has 0 heterocycles. The Kier molecular flexibility index (Phi) is 5.78. The summed E-state index contributed by atoms with van der Waals surface area (Å²) < 4.78 is 0. The van der Waals surface area contributed by atoms with Crippen molar-refractivity contribution < 1.29 is 0 Å². The summed E-state index contributed by atoms with van der Waals surface area (Å²) in [7, 11) is 1.99. The van der Waals surface area contributed by atoms with E-state index in [9.17, 15) is 0 Å². The summed E-state index contributed by atoms with van der Waals surface area (Å²) >= 11 is 12.3. The van der Waals surface area contributed by atoms with Gasteiger partial charge in [0.15, 0.2) is 0 Å². The van der Waals surface area contributed by atoms with Crippen LogP contribution in [0.15, 0.2) is 18.2 Å². The minimum Gasteiger partial charge on any atom is -0.319 e. The molecule has 1 unspecified atom stereocenters. The minimum atomic E-state index is 0.234. The zero-order chi connectivity index (χ0) is 12.9. The van der Waals surface area contributed by atoms with Crippen LogP contribution in [0, 0.1) is 5.41 Å². The molecular formula is C14H21Cl2N. The molecule has 1 N–H and O–H groups in total. The lowest BCUT2D eigenvalue weighted by molar-refractivity contribution is 0.283. The molecule has 17 heavy (non-hydrogen) atoms. The SMILES string of the molecule is CCCC(C)(CNC)Cc1cccc(Cl)c1Cl. The number of halogens is 2. The van der Waals surface area contributed by atoms with Crippen LogP contribution in [0.3, 0.4) is 0 Å². The average Bonchev–Trinajstić information content (AvgIpc) is 2.25. The van der Waals surface area contributed by atoms with Gasteiger partial charge < -0.3 is 5.32 Å². The van der Waals surface area contributed by atoms with E-state index in [4.69, 9.17) is 23.2 Å². The molecule has 1 aromatic rings. The van der Waals surface area contributed by atoms with E-state index >= 15 is 0 Å². The van der Waals surface area contributed by atoms with Gasteiger partial charge in [-0.05, 0) is 36.9 Å². The van der Waals surface area contributed by atoms with Gasteiger partial charge in [0, 0.05) is 6.54 Å². The molecule has 0 saturated heterocycles. The van der Waals surface area contributed by atoms with Crippen molar-refractivity contribution in [3.8, 4) is 0 Å². The van der Waals surface area contributed by atoms with Gasteiger partial charge in [0.2, 0.25) is 0 Å². The van der Waals surface area contributed by atoms with Crippen LogP contribution in [0.2, 0.25) is 10.0 Å². The molecule has 0 fully saturated rings. The Morgan fingerprint density at radius 1 is 1.29 bits per heavy atom. The molecule has 1 aromatic carbocycles. The summed E-state index contributed by atoms with van der Waals surface area (Å²) in [5.41, 5.74) is 1.38. The lowest BCUT2D eigenvalue weighted by atomic mass is 9.79. The summed E-state index contributed by atoms with van der Waals surface area (Å²) in [6.45, 7) is 5.50. The van der Waals surface area contributed by atoms with E-state index in [1.807, 2.05) is 19.2 Å². The van der Waals surface area contributed by atoms with Crippen LogP contribution >= 0.6 is 23.2 Å². The van der Waals surface area contributed by atoms with Crippen molar-refractivity contribution >= 4 is 23.2 Å². The first-order valence-electron chi connectivity index (χ1n) is 6.10. The molecule has 0 radical (unpaired) electrons. The van der Waals surface area contributed by atoms with Gasteiger partial charge in [0.25, 0.3) is 0 Å². The zero-order valence-corrected chi connectivity index (χ0v) is 12.3. The van der Waals surface area contributed by atoms with Crippen molar-refractivity contribution in [3.05, 3.63) is 33.8 Å². The first kappa shape index (κ1) is 14.8. The molecule has 96 valence electrons. The molecular weight excluding hydrogens is 253 g/mol. The van der Waals surface area contributed by atoms with Crippen molar-refractivity contribution in [2.75, 3.05) is 13.6 Å². The molecule has 0 saturated carbocycles. The van der Waals surface area contributed by atoms with E-state index in [2.05, 4.69) is 25.2 Å². The summed E-state index contributed by atoms with van der Waals surface area (Å²) in [6.07, 6.45) is 3.31. The maximum atomic E-state index is 6.25. The predicted molar refractivity (Wildman–Crippen MR) is 77.1 cm³/mol. The van der Waals surface area contributed by atoms with E-state index in [1.165, 1.54) is 12.8 Å². The van der Waals surface area contributed by atoms with Crippen LogP contribution in [-0.2, 0) is 6.42 Å². The van der Waals surface area contributed by atoms with Crippen LogP contribution in [0.5, 0.6) is 0 Å². The molecule has 0 bridgehead atoms. The van der Waals surface area contributed by atoms with E-state index in [1.54, 1.807) is 0 Å². The number of hydrogen-bond acceptors (Lipinski definition) is 1. The fourth-order valence-corrected chi connectivity index (χ4v) is 2.80. The molecule has 0 aliphatic heterocycles. The highest BCUT2D eigenvalue weighted by Gasteiger charge is 2.24. The Balaban J connectivity index is 2.89. The van der Waals surface area contributed by atoms with Crippen molar-refractivity contribution in [1.82, 2.24) is 5.32 Å². The molecule has 3 heteroatoms. The highest BCUT2D eigenvalue weighted by Crippen LogP contribution is 2.33. The second kappa shape index (κ2) is 6.63. The van der Waals surface area contributed by atoms with E-state index < -0.39 is 0 Å². The fraction of sp³-hybridized carbons (Fsp3) is 0.571. The summed E-state index contributed by atoms with van der Waals surface area (Å²) in [5, 5.41) is 4.62. The van der Waals surface area contributed by atoms with Gasteiger partial charge >= 0.3 is 0 Å². The van der Waals surface area contributed by atoms with Gasteiger partial charge in [-0.15, -0.1) is 0 Å². The number of hydrogen-bond donors (Lipinski definition) is 1. The highest BCUT2D eigenvalue weighted by atomic mass is 35.5. The van der Waals surface area contributed by atoms with Gasteiger partial charge in [-0.3, -0.25) is 0 Å². The minimum absolute atomic E-state index is 0.234. The lowest BCUT2D eigenvalue weighted by Crippen LogP contribution is -2.31. The molecule has 0 amide bonds. The maximum absolute atomic E-state index is 6.25. The van der Waals surface area contributed by atoms with Gasteiger partial charge in [-0.1, -0.05) is 55.6 Å². The molecule has 1 rings (SSSR count). The Morgan fingerprint density at radius 3 is 2.59 bits per heavy atom. The Labute approximate surface area is 115 Å². The summed E-state index contributed by atoms with van der Waals surface area (Å²) in [4.78, 5) is 0. The van der Waals surface area contributed by atoms with Gasteiger partial charge in [0.1, 0.15) is 0 Å². The Hall–Kier alpha value is -0.240. The van der Waals surface area contributed by atoms with Crippen LogP contribution in [0.25, 0.3) is 0 Å². The van der Waals surface area contributed by atoms with E-state index in [0.29, 0.717) is 10.0 Å². The first-order chi connectivity index (χ1) is 8.02. The average molecular weight is 274 g/mol. The van der Waals surface area contributed by atoms with Gasteiger partial charge in [-0.25, -0.2) is 0 Å². The van der Waals surface area contributed by atoms with Crippen molar-refractivity contribution in [3.63, 3.8) is 0 Å². The maximum Gasteiger partial charge on any atom is 0.0624 e.